The van der Waals surface area contributed by atoms with Crippen molar-refractivity contribution in [2.75, 3.05) is 19.7 Å². The monoisotopic (exact) mass is 245 g/mol. The predicted octanol–water partition coefficient (Wildman–Crippen LogP) is 0.689. The molecule has 0 aliphatic rings. The molecular weight excluding hydrogens is 230 g/mol. The highest BCUT2D eigenvalue weighted by molar-refractivity contribution is 5.80. The van der Waals surface area contributed by atoms with Crippen molar-refractivity contribution < 1.29 is 9.53 Å². The minimum atomic E-state index is -0.174. The number of ether oxygens (including phenoxy) is 1. The maximum absolute atomic E-state index is 11.3. The Morgan fingerprint density at radius 3 is 3.11 bits per heavy atom. The molecule has 18 heavy (non-hydrogen) atoms. The van der Waals surface area contributed by atoms with Gasteiger partial charge < -0.3 is 15.8 Å². The van der Waals surface area contributed by atoms with E-state index in [2.05, 4.69) is 10.3 Å². The second kappa shape index (κ2) is 5.97. The smallest absolute Gasteiger partial charge is 0.257 e. The molecule has 0 spiro atoms. The molecule has 0 saturated carbocycles. The first-order chi connectivity index (χ1) is 8.79. The van der Waals surface area contributed by atoms with Crippen molar-refractivity contribution in [2.24, 2.45) is 5.73 Å². The fourth-order valence-corrected chi connectivity index (χ4v) is 1.55. The quantitative estimate of drug-likeness (QED) is 0.812. The molecule has 1 aromatic carbocycles. The molecule has 0 fully saturated rings. The normalized spacial score (nSPS) is 10.3. The van der Waals surface area contributed by atoms with Gasteiger partial charge in [-0.15, -0.1) is 0 Å². The first kappa shape index (κ1) is 12.3. The molecule has 2 aromatic rings. The molecule has 0 bridgehead atoms. The third-order valence-electron chi connectivity index (χ3n) is 2.41. The number of fused-ring (bicyclic) bond motifs is 1. The maximum Gasteiger partial charge on any atom is 0.257 e. The molecule has 0 aliphatic carbocycles. The first-order valence-electron chi connectivity index (χ1n) is 5.74. The van der Waals surface area contributed by atoms with Crippen LogP contribution in [-0.2, 0) is 4.79 Å². The van der Waals surface area contributed by atoms with Crippen molar-refractivity contribution in [3.8, 4) is 5.75 Å². The second-order valence-electron chi connectivity index (χ2n) is 3.79. The average molecular weight is 245 g/mol. The van der Waals surface area contributed by atoms with Crippen LogP contribution in [0.15, 0.2) is 36.5 Å². The van der Waals surface area contributed by atoms with Crippen LogP contribution in [0.1, 0.15) is 0 Å². The highest BCUT2D eigenvalue weighted by Gasteiger charge is 2.02. The van der Waals surface area contributed by atoms with Crippen LogP contribution >= 0.6 is 0 Å². The minimum Gasteiger partial charge on any atom is -0.484 e. The van der Waals surface area contributed by atoms with Gasteiger partial charge in [-0.05, 0) is 24.3 Å². The number of benzene rings is 1. The van der Waals surface area contributed by atoms with E-state index in [-0.39, 0.29) is 12.5 Å². The summed E-state index contributed by atoms with van der Waals surface area (Å²) in [5.41, 5.74) is 6.18. The Morgan fingerprint density at radius 2 is 2.28 bits per heavy atom. The van der Waals surface area contributed by atoms with E-state index in [1.165, 1.54) is 0 Å². The van der Waals surface area contributed by atoms with Crippen molar-refractivity contribution >= 4 is 16.8 Å². The number of hydrogen-bond acceptors (Lipinski definition) is 4. The number of nitrogens with zero attached hydrogens (tertiary/aromatic N) is 1. The Labute approximate surface area is 105 Å². The van der Waals surface area contributed by atoms with Gasteiger partial charge in [0, 0.05) is 24.7 Å². The zero-order chi connectivity index (χ0) is 12.8. The number of aromatic nitrogens is 1. The summed E-state index contributed by atoms with van der Waals surface area (Å²) in [4.78, 5) is 15.5. The van der Waals surface area contributed by atoms with Crippen molar-refractivity contribution in [1.29, 1.82) is 0 Å². The highest BCUT2D eigenvalue weighted by atomic mass is 16.5. The lowest BCUT2D eigenvalue weighted by atomic mass is 10.2. The van der Waals surface area contributed by atoms with E-state index in [1.807, 2.05) is 24.3 Å². The fourth-order valence-electron chi connectivity index (χ4n) is 1.55. The standard InChI is InChI=1S/C13H15N3O2/c14-5-7-16-13(17)9-18-11-3-4-12-10(8-11)2-1-6-15-12/h1-4,6,8H,5,7,9,14H2,(H,16,17). The van der Waals surface area contributed by atoms with E-state index in [0.29, 0.717) is 18.8 Å². The second-order valence-corrected chi connectivity index (χ2v) is 3.79. The Morgan fingerprint density at radius 1 is 1.39 bits per heavy atom. The van der Waals surface area contributed by atoms with Crippen molar-refractivity contribution in [1.82, 2.24) is 10.3 Å². The predicted molar refractivity (Wildman–Crippen MR) is 69.3 cm³/mol. The molecule has 1 aromatic heterocycles. The van der Waals surface area contributed by atoms with E-state index in [1.54, 1.807) is 12.3 Å². The SMILES string of the molecule is NCCNC(=O)COc1ccc2ncccc2c1. The van der Waals surface area contributed by atoms with Crippen LogP contribution in [0.2, 0.25) is 0 Å². The number of pyridine rings is 1. The summed E-state index contributed by atoms with van der Waals surface area (Å²) in [6, 6.07) is 9.33. The average Bonchev–Trinajstić information content (AvgIpc) is 2.42. The van der Waals surface area contributed by atoms with E-state index >= 15 is 0 Å². The van der Waals surface area contributed by atoms with Crippen molar-refractivity contribution in [2.45, 2.75) is 0 Å². The zero-order valence-corrected chi connectivity index (χ0v) is 9.93. The molecule has 0 radical (unpaired) electrons. The summed E-state index contributed by atoms with van der Waals surface area (Å²) >= 11 is 0. The van der Waals surface area contributed by atoms with Gasteiger partial charge in [0.2, 0.25) is 0 Å². The van der Waals surface area contributed by atoms with Crippen LogP contribution in [0.3, 0.4) is 0 Å². The van der Waals surface area contributed by atoms with E-state index in [0.717, 1.165) is 10.9 Å². The number of nitrogens with two attached hydrogens (primary N) is 1. The minimum absolute atomic E-state index is 0.00817. The summed E-state index contributed by atoms with van der Waals surface area (Å²) in [6.07, 6.45) is 1.74. The Hall–Kier alpha value is -2.14. The third-order valence-corrected chi connectivity index (χ3v) is 2.41. The van der Waals surface area contributed by atoms with Crippen LogP contribution in [0, 0.1) is 0 Å². The van der Waals surface area contributed by atoms with Gasteiger partial charge in [-0.3, -0.25) is 9.78 Å². The third kappa shape index (κ3) is 3.18. The van der Waals surface area contributed by atoms with Gasteiger partial charge in [-0.25, -0.2) is 0 Å². The highest BCUT2D eigenvalue weighted by Crippen LogP contribution is 2.18. The van der Waals surface area contributed by atoms with Gasteiger partial charge in [0.1, 0.15) is 5.75 Å². The molecule has 0 saturated heterocycles. The Balaban J connectivity index is 1.97. The molecule has 3 N–H and O–H groups in total. The summed E-state index contributed by atoms with van der Waals surface area (Å²) in [6.45, 7) is 0.878. The molecule has 2 rings (SSSR count). The molecule has 0 aliphatic heterocycles. The van der Waals surface area contributed by atoms with E-state index in [9.17, 15) is 4.79 Å². The number of amides is 1. The molecule has 5 nitrogen and oxygen atoms in total. The summed E-state index contributed by atoms with van der Waals surface area (Å²) in [7, 11) is 0. The summed E-state index contributed by atoms with van der Waals surface area (Å²) in [5.74, 6) is 0.477. The lowest BCUT2D eigenvalue weighted by molar-refractivity contribution is -0.123. The molecular formula is C13H15N3O2. The van der Waals surface area contributed by atoms with Crippen LogP contribution < -0.4 is 15.8 Å². The molecule has 94 valence electrons. The van der Waals surface area contributed by atoms with Gasteiger partial charge in [0.15, 0.2) is 6.61 Å². The molecule has 1 amide bonds. The van der Waals surface area contributed by atoms with Gasteiger partial charge in [0.05, 0.1) is 5.52 Å². The van der Waals surface area contributed by atoms with Gasteiger partial charge in [0.25, 0.3) is 5.91 Å². The summed E-state index contributed by atoms with van der Waals surface area (Å²) in [5, 5.41) is 3.62. The summed E-state index contributed by atoms with van der Waals surface area (Å²) < 4.78 is 5.39. The van der Waals surface area contributed by atoms with Crippen LogP contribution in [0.25, 0.3) is 10.9 Å². The maximum atomic E-state index is 11.3. The first-order valence-corrected chi connectivity index (χ1v) is 5.74. The number of hydrogen-bond donors (Lipinski definition) is 2. The van der Waals surface area contributed by atoms with Gasteiger partial charge >= 0.3 is 0 Å². The Bertz CT molecular complexity index is 543. The van der Waals surface area contributed by atoms with Crippen LogP contribution in [0.5, 0.6) is 5.75 Å². The van der Waals surface area contributed by atoms with Crippen LogP contribution in [0.4, 0.5) is 0 Å². The van der Waals surface area contributed by atoms with Gasteiger partial charge in [-0.2, -0.15) is 0 Å². The number of carbonyl (C=O) groups excluding carboxylic acids is 1. The zero-order valence-electron chi connectivity index (χ0n) is 9.93. The largest absolute Gasteiger partial charge is 0.484 e. The van der Waals surface area contributed by atoms with Crippen molar-refractivity contribution in [3.05, 3.63) is 36.5 Å². The molecule has 1 heterocycles. The number of carbonyl (C=O) groups is 1. The van der Waals surface area contributed by atoms with Gasteiger partial charge in [-0.1, -0.05) is 6.07 Å². The number of nitrogens with one attached hydrogen (secondary N) is 1. The van der Waals surface area contributed by atoms with Crippen molar-refractivity contribution in [3.63, 3.8) is 0 Å². The molecule has 0 atom stereocenters. The Kier molecular flexibility index (Phi) is 4.09. The lowest BCUT2D eigenvalue weighted by Gasteiger charge is -2.07. The van der Waals surface area contributed by atoms with Crippen LogP contribution in [-0.4, -0.2) is 30.6 Å². The fraction of sp³-hybridized carbons (Fsp3) is 0.231. The molecule has 5 heteroatoms. The topological polar surface area (TPSA) is 77.2 Å². The lowest BCUT2D eigenvalue weighted by Crippen LogP contribution is -2.32. The van der Waals surface area contributed by atoms with E-state index < -0.39 is 0 Å². The number of rotatable bonds is 5. The molecule has 0 unspecified atom stereocenters. The van der Waals surface area contributed by atoms with E-state index in [4.69, 9.17) is 10.5 Å².